The Bertz CT molecular complexity index is 822. The number of ketones is 1. The fraction of sp³-hybridized carbons (Fsp3) is 0.278. The molecule has 1 atom stereocenters. The SMILES string of the molecule is CCC1Oc2ccc(N)nc2N(CC(=O)c2cccc(OC)c2)C1=O. The summed E-state index contributed by atoms with van der Waals surface area (Å²) in [5, 5.41) is 0. The van der Waals surface area contributed by atoms with Crippen molar-refractivity contribution in [2.75, 3.05) is 24.3 Å². The Labute approximate surface area is 145 Å². The minimum absolute atomic E-state index is 0.144. The predicted molar refractivity (Wildman–Crippen MR) is 93.0 cm³/mol. The molecule has 0 fully saturated rings. The van der Waals surface area contributed by atoms with Gasteiger partial charge in [0.05, 0.1) is 13.7 Å². The second-order valence-corrected chi connectivity index (χ2v) is 5.65. The van der Waals surface area contributed by atoms with Crippen molar-refractivity contribution in [2.24, 2.45) is 0 Å². The summed E-state index contributed by atoms with van der Waals surface area (Å²) in [6.07, 6.45) is -0.150. The van der Waals surface area contributed by atoms with Crippen LogP contribution < -0.4 is 20.1 Å². The summed E-state index contributed by atoms with van der Waals surface area (Å²) in [6, 6.07) is 10.1. The van der Waals surface area contributed by atoms with Gasteiger partial charge in [-0.2, -0.15) is 0 Å². The molecular formula is C18H19N3O4. The van der Waals surface area contributed by atoms with E-state index in [1.165, 1.54) is 12.0 Å². The van der Waals surface area contributed by atoms with Gasteiger partial charge in [-0.1, -0.05) is 19.1 Å². The number of pyridine rings is 1. The molecule has 1 aromatic heterocycles. The molecule has 0 saturated carbocycles. The number of carbonyl (C=O) groups is 2. The highest BCUT2D eigenvalue weighted by molar-refractivity contribution is 6.07. The summed E-state index contributed by atoms with van der Waals surface area (Å²) in [6.45, 7) is 1.70. The van der Waals surface area contributed by atoms with Crippen LogP contribution in [0.15, 0.2) is 36.4 Å². The van der Waals surface area contributed by atoms with Gasteiger partial charge in [-0.15, -0.1) is 0 Å². The van der Waals surface area contributed by atoms with Gasteiger partial charge in [0.25, 0.3) is 5.91 Å². The van der Waals surface area contributed by atoms with E-state index in [9.17, 15) is 9.59 Å². The Morgan fingerprint density at radius 2 is 2.16 bits per heavy atom. The van der Waals surface area contributed by atoms with Crippen LogP contribution >= 0.6 is 0 Å². The quantitative estimate of drug-likeness (QED) is 0.837. The van der Waals surface area contributed by atoms with Crippen LogP contribution in [-0.4, -0.2) is 36.4 Å². The van der Waals surface area contributed by atoms with Crippen molar-refractivity contribution in [1.29, 1.82) is 0 Å². The first-order chi connectivity index (χ1) is 12.0. The van der Waals surface area contributed by atoms with Gasteiger partial charge in [0, 0.05) is 5.56 Å². The third-order valence-electron chi connectivity index (χ3n) is 3.99. The van der Waals surface area contributed by atoms with Gasteiger partial charge in [0.2, 0.25) is 0 Å². The number of carbonyl (C=O) groups excluding carboxylic acids is 2. The molecule has 1 unspecified atom stereocenters. The molecule has 25 heavy (non-hydrogen) atoms. The first-order valence-corrected chi connectivity index (χ1v) is 7.95. The van der Waals surface area contributed by atoms with Crippen molar-refractivity contribution in [1.82, 2.24) is 4.98 Å². The van der Waals surface area contributed by atoms with E-state index in [0.29, 0.717) is 23.5 Å². The van der Waals surface area contributed by atoms with E-state index in [-0.39, 0.29) is 29.9 Å². The maximum atomic E-state index is 12.7. The van der Waals surface area contributed by atoms with Crippen LogP contribution in [0, 0.1) is 0 Å². The fourth-order valence-corrected chi connectivity index (χ4v) is 2.66. The summed E-state index contributed by atoms with van der Waals surface area (Å²) >= 11 is 0. The second-order valence-electron chi connectivity index (χ2n) is 5.65. The van der Waals surface area contributed by atoms with Crippen LogP contribution in [0.2, 0.25) is 0 Å². The van der Waals surface area contributed by atoms with Gasteiger partial charge >= 0.3 is 0 Å². The molecule has 1 aliphatic heterocycles. The van der Waals surface area contributed by atoms with E-state index in [4.69, 9.17) is 15.2 Å². The van der Waals surface area contributed by atoms with Gasteiger partial charge in [-0.25, -0.2) is 4.98 Å². The molecule has 0 aliphatic carbocycles. The number of methoxy groups -OCH3 is 1. The van der Waals surface area contributed by atoms with Gasteiger partial charge in [0.1, 0.15) is 11.6 Å². The number of aromatic nitrogens is 1. The van der Waals surface area contributed by atoms with Gasteiger partial charge < -0.3 is 15.2 Å². The van der Waals surface area contributed by atoms with E-state index in [2.05, 4.69) is 4.98 Å². The van der Waals surface area contributed by atoms with Crippen LogP contribution in [0.3, 0.4) is 0 Å². The molecule has 1 aliphatic rings. The molecule has 7 heteroatoms. The number of benzene rings is 1. The molecule has 1 amide bonds. The minimum atomic E-state index is -0.643. The van der Waals surface area contributed by atoms with E-state index in [1.807, 2.05) is 6.92 Å². The number of hydrogen-bond acceptors (Lipinski definition) is 6. The molecule has 0 saturated heterocycles. The summed E-state index contributed by atoms with van der Waals surface area (Å²) in [4.78, 5) is 30.8. The first kappa shape index (κ1) is 16.8. The molecule has 130 valence electrons. The number of fused-ring (bicyclic) bond motifs is 1. The molecule has 1 aromatic carbocycles. The van der Waals surface area contributed by atoms with E-state index in [0.717, 1.165) is 0 Å². The Balaban J connectivity index is 1.93. The lowest BCUT2D eigenvalue weighted by Crippen LogP contribution is -2.48. The van der Waals surface area contributed by atoms with Gasteiger partial charge in [0.15, 0.2) is 23.5 Å². The summed E-state index contributed by atoms with van der Waals surface area (Å²) < 4.78 is 10.8. The molecule has 0 spiro atoms. The van der Waals surface area contributed by atoms with Gasteiger partial charge in [-0.05, 0) is 30.7 Å². The third-order valence-corrected chi connectivity index (χ3v) is 3.99. The molecule has 0 bridgehead atoms. The third kappa shape index (κ3) is 3.26. The Kier molecular flexibility index (Phi) is 4.56. The van der Waals surface area contributed by atoms with E-state index < -0.39 is 6.10 Å². The number of Topliss-reactive ketones (excluding diaryl/α,β-unsaturated/α-hetero) is 1. The van der Waals surface area contributed by atoms with Crippen LogP contribution in [0.1, 0.15) is 23.7 Å². The monoisotopic (exact) mass is 341 g/mol. The lowest BCUT2D eigenvalue weighted by molar-refractivity contribution is -0.126. The molecule has 7 nitrogen and oxygen atoms in total. The van der Waals surface area contributed by atoms with Gasteiger partial charge in [-0.3, -0.25) is 14.5 Å². The standard InChI is InChI=1S/C18H19N3O4/c1-3-14-18(23)21(17-15(25-14)7-8-16(19)20-17)10-13(22)11-5-4-6-12(9-11)24-2/h4-9,14H,3,10H2,1-2H3,(H2,19,20). The zero-order valence-electron chi connectivity index (χ0n) is 14.1. The normalized spacial score (nSPS) is 16.2. The smallest absolute Gasteiger partial charge is 0.269 e. The second kappa shape index (κ2) is 6.80. The van der Waals surface area contributed by atoms with E-state index in [1.54, 1.807) is 36.4 Å². The zero-order valence-corrected chi connectivity index (χ0v) is 14.1. The number of amides is 1. The van der Waals surface area contributed by atoms with Crippen LogP contribution in [0.5, 0.6) is 11.5 Å². The number of nitrogens with two attached hydrogens (primary N) is 1. The summed E-state index contributed by atoms with van der Waals surface area (Å²) in [7, 11) is 1.53. The number of rotatable bonds is 5. The van der Waals surface area contributed by atoms with Crippen molar-refractivity contribution in [3.05, 3.63) is 42.0 Å². The number of ether oxygens (including phenoxy) is 2. The average molecular weight is 341 g/mol. The zero-order chi connectivity index (χ0) is 18.0. The van der Waals surface area contributed by atoms with Crippen LogP contribution in [-0.2, 0) is 4.79 Å². The highest BCUT2D eigenvalue weighted by atomic mass is 16.5. The van der Waals surface area contributed by atoms with Crippen LogP contribution in [0.25, 0.3) is 0 Å². The Hall–Kier alpha value is -3.09. The first-order valence-electron chi connectivity index (χ1n) is 7.95. The lowest BCUT2D eigenvalue weighted by Gasteiger charge is -2.32. The van der Waals surface area contributed by atoms with E-state index >= 15 is 0 Å². The Morgan fingerprint density at radius 3 is 2.88 bits per heavy atom. The Morgan fingerprint density at radius 1 is 1.36 bits per heavy atom. The number of anilines is 2. The predicted octanol–water partition coefficient (Wildman–Crippen LogP) is 2.06. The maximum Gasteiger partial charge on any atom is 0.269 e. The number of hydrogen-bond donors (Lipinski definition) is 1. The maximum absolute atomic E-state index is 12.7. The largest absolute Gasteiger partial charge is 0.497 e. The molecule has 0 radical (unpaired) electrons. The van der Waals surface area contributed by atoms with Crippen molar-refractivity contribution in [3.63, 3.8) is 0 Å². The fourth-order valence-electron chi connectivity index (χ4n) is 2.66. The average Bonchev–Trinajstić information content (AvgIpc) is 2.64. The molecule has 2 aromatic rings. The van der Waals surface area contributed by atoms with Crippen molar-refractivity contribution in [2.45, 2.75) is 19.4 Å². The summed E-state index contributed by atoms with van der Waals surface area (Å²) in [5.41, 5.74) is 6.19. The van der Waals surface area contributed by atoms with Crippen molar-refractivity contribution >= 4 is 23.3 Å². The minimum Gasteiger partial charge on any atom is -0.497 e. The molecule has 2 heterocycles. The molecular weight excluding hydrogens is 322 g/mol. The number of nitrogen functional groups attached to an aromatic ring is 1. The highest BCUT2D eigenvalue weighted by Crippen LogP contribution is 2.33. The molecule has 3 rings (SSSR count). The molecule has 2 N–H and O–H groups in total. The highest BCUT2D eigenvalue weighted by Gasteiger charge is 2.35. The van der Waals surface area contributed by atoms with Crippen molar-refractivity contribution < 1.29 is 19.1 Å². The topological polar surface area (TPSA) is 94.8 Å². The number of nitrogens with zero attached hydrogens (tertiary/aromatic N) is 2. The van der Waals surface area contributed by atoms with Crippen molar-refractivity contribution in [3.8, 4) is 11.5 Å². The van der Waals surface area contributed by atoms with Crippen LogP contribution in [0.4, 0.5) is 11.6 Å². The lowest BCUT2D eigenvalue weighted by atomic mass is 10.1. The summed E-state index contributed by atoms with van der Waals surface area (Å²) in [5.74, 6) is 1.02.